The third-order valence-electron chi connectivity index (χ3n) is 3.48. The smallest absolute Gasteiger partial charge is 0.229 e. The van der Waals surface area contributed by atoms with E-state index < -0.39 is 6.10 Å². The van der Waals surface area contributed by atoms with Gasteiger partial charge in [0.1, 0.15) is 0 Å². The monoisotopic (exact) mass is 283 g/mol. The van der Waals surface area contributed by atoms with Crippen molar-refractivity contribution in [1.29, 1.82) is 0 Å². The number of hydrogen-bond acceptors (Lipinski definition) is 5. The first-order valence-electron chi connectivity index (χ1n) is 6.99. The molecule has 21 heavy (non-hydrogen) atoms. The van der Waals surface area contributed by atoms with Gasteiger partial charge in [-0.25, -0.2) is 0 Å². The first-order valence-corrected chi connectivity index (χ1v) is 6.99. The van der Waals surface area contributed by atoms with Crippen molar-refractivity contribution >= 4 is 10.9 Å². The molecule has 5 heteroatoms. The Labute approximate surface area is 122 Å². The molecule has 1 N–H and O–H groups in total. The van der Waals surface area contributed by atoms with E-state index in [0.29, 0.717) is 18.1 Å². The van der Waals surface area contributed by atoms with Crippen LogP contribution in [0.3, 0.4) is 0 Å². The van der Waals surface area contributed by atoms with Crippen LogP contribution in [-0.4, -0.2) is 26.3 Å². The molecule has 0 spiro atoms. The predicted octanol–water partition coefficient (Wildman–Crippen LogP) is 2.84. The summed E-state index contributed by atoms with van der Waals surface area (Å²) in [6.45, 7) is 3.91. The molecule has 3 rings (SSSR count). The van der Waals surface area contributed by atoms with Crippen molar-refractivity contribution < 1.29 is 9.63 Å². The molecule has 1 aromatic carbocycles. The summed E-state index contributed by atoms with van der Waals surface area (Å²) in [5.41, 5.74) is 1.81. The van der Waals surface area contributed by atoms with Gasteiger partial charge in [-0.05, 0) is 30.2 Å². The van der Waals surface area contributed by atoms with Gasteiger partial charge in [0.15, 0.2) is 0 Å². The number of aromatic nitrogens is 3. The molecular weight excluding hydrogens is 266 g/mol. The first-order chi connectivity index (χ1) is 10.1. The summed E-state index contributed by atoms with van der Waals surface area (Å²) in [7, 11) is 0. The Bertz CT molecular complexity index is 752. The second-order valence-electron chi connectivity index (χ2n) is 5.44. The quantitative estimate of drug-likeness (QED) is 0.797. The predicted molar refractivity (Wildman–Crippen MR) is 79.6 cm³/mol. The van der Waals surface area contributed by atoms with Gasteiger partial charge in [-0.15, -0.1) is 0 Å². The number of aliphatic hydroxyl groups is 1. The molecule has 0 radical (unpaired) electrons. The Balaban J connectivity index is 1.87. The minimum atomic E-state index is -0.473. The molecule has 0 aliphatic carbocycles. The summed E-state index contributed by atoms with van der Waals surface area (Å²) in [6.07, 6.45) is 1.67. The highest BCUT2D eigenvalue weighted by atomic mass is 16.5. The van der Waals surface area contributed by atoms with Crippen molar-refractivity contribution in [2.45, 2.75) is 26.4 Å². The molecule has 0 fully saturated rings. The molecule has 2 aromatic heterocycles. The highest BCUT2D eigenvalue weighted by Gasteiger charge is 2.16. The summed E-state index contributed by atoms with van der Waals surface area (Å²) >= 11 is 0. The molecule has 3 aromatic rings. The number of rotatable bonds is 4. The second kappa shape index (κ2) is 5.61. The average Bonchev–Trinajstić information content (AvgIpc) is 2.95. The number of nitrogens with zero attached hydrogens (tertiary/aromatic N) is 3. The van der Waals surface area contributed by atoms with Gasteiger partial charge in [-0.2, -0.15) is 4.98 Å². The summed E-state index contributed by atoms with van der Waals surface area (Å²) in [5.74, 6) is 1.15. The molecule has 1 unspecified atom stereocenters. The van der Waals surface area contributed by atoms with Gasteiger partial charge < -0.3 is 9.63 Å². The van der Waals surface area contributed by atoms with E-state index in [4.69, 9.17) is 4.52 Å². The minimum absolute atomic E-state index is 0.159. The Morgan fingerprint density at radius 2 is 2.10 bits per heavy atom. The summed E-state index contributed by atoms with van der Waals surface area (Å²) in [4.78, 5) is 8.63. The fourth-order valence-corrected chi connectivity index (χ4v) is 2.08. The largest absolute Gasteiger partial charge is 0.392 e. The van der Waals surface area contributed by atoms with Gasteiger partial charge in [0.05, 0.1) is 18.0 Å². The molecule has 0 aliphatic rings. The van der Waals surface area contributed by atoms with E-state index in [9.17, 15) is 5.11 Å². The molecule has 0 bridgehead atoms. The van der Waals surface area contributed by atoms with Crippen molar-refractivity contribution in [3.63, 3.8) is 0 Å². The molecule has 108 valence electrons. The van der Waals surface area contributed by atoms with Gasteiger partial charge in [-0.3, -0.25) is 4.98 Å². The van der Waals surface area contributed by atoms with E-state index in [-0.39, 0.29) is 5.92 Å². The lowest BCUT2D eigenvalue weighted by atomic mass is 10.0. The zero-order valence-corrected chi connectivity index (χ0v) is 12.0. The van der Waals surface area contributed by atoms with Gasteiger partial charge in [0.2, 0.25) is 11.7 Å². The summed E-state index contributed by atoms with van der Waals surface area (Å²) in [5, 5.41) is 14.9. The fraction of sp³-hybridized carbons (Fsp3) is 0.312. The number of pyridine rings is 1. The second-order valence-corrected chi connectivity index (χ2v) is 5.44. The molecular formula is C16H17N3O2. The lowest BCUT2D eigenvalue weighted by molar-refractivity contribution is 0.116. The van der Waals surface area contributed by atoms with Crippen molar-refractivity contribution in [2.75, 3.05) is 0 Å². The standard InChI is InChI=1S/C16H17N3O2/c1-10(2)14(20)9-15-18-16(19-21-15)12-5-6-13-11(8-12)4-3-7-17-13/h3-8,10,14,20H,9H2,1-2H3. The fourth-order valence-electron chi connectivity index (χ4n) is 2.08. The Kier molecular flexibility index (Phi) is 3.66. The molecule has 0 aliphatic heterocycles. The van der Waals surface area contributed by atoms with Gasteiger partial charge in [0.25, 0.3) is 0 Å². The van der Waals surface area contributed by atoms with Crippen LogP contribution in [0.1, 0.15) is 19.7 Å². The van der Waals surface area contributed by atoms with E-state index in [1.54, 1.807) is 6.20 Å². The number of hydrogen-bond donors (Lipinski definition) is 1. The molecule has 2 heterocycles. The lowest BCUT2D eigenvalue weighted by Gasteiger charge is -2.10. The topological polar surface area (TPSA) is 72.0 Å². The molecule has 0 amide bonds. The van der Waals surface area contributed by atoms with Crippen molar-refractivity contribution in [3.05, 3.63) is 42.4 Å². The molecule has 1 atom stereocenters. The Hall–Kier alpha value is -2.27. The van der Waals surface area contributed by atoms with Crippen molar-refractivity contribution in [2.24, 2.45) is 5.92 Å². The van der Waals surface area contributed by atoms with Gasteiger partial charge in [0, 0.05) is 17.1 Å². The van der Waals surface area contributed by atoms with Gasteiger partial charge in [-0.1, -0.05) is 25.1 Å². The SMILES string of the molecule is CC(C)C(O)Cc1nc(-c2ccc3ncccc3c2)no1. The van der Waals surface area contributed by atoms with Crippen LogP contribution in [0.5, 0.6) is 0 Å². The number of fused-ring (bicyclic) bond motifs is 1. The van der Waals surface area contributed by atoms with Gasteiger partial charge >= 0.3 is 0 Å². The van der Waals surface area contributed by atoms with Crippen molar-refractivity contribution in [1.82, 2.24) is 15.1 Å². The Morgan fingerprint density at radius 1 is 1.24 bits per heavy atom. The van der Waals surface area contributed by atoms with Crippen LogP contribution in [0.15, 0.2) is 41.1 Å². The van der Waals surface area contributed by atoms with Crippen LogP contribution in [0.4, 0.5) is 0 Å². The number of aliphatic hydroxyl groups excluding tert-OH is 1. The van der Waals surface area contributed by atoms with Crippen LogP contribution in [-0.2, 0) is 6.42 Å². The third-order valence-corrected chi connectivity index (χ3v) is 3.48. The van der Waals surface area contributed by atoms with E-state index >= 15 is 0 Å². The minimum Gasteiger partial charge on any atom is -0.392 e. The maximum atomic E-state index is 9.87. The highest BCUT2D eigenvalue weighted by Crippen LogP contribution is 2.21. The zero-order chi connectivity index (χ0) is 14.8. The average molecular weight is 283 g/mol. The first kappa shape index (κ1) is 13.7. The van der Waals surface area contributed by atoms with Crippen LogP contribution >= 0.6 is 0 Å². The third kappa shape index (κ3) is 2.92. The van der Waals surface area contributed by atoms with Crippen LogP contribution in [0, 0.1) is 5.92 Å². The summed E-state index contributed by atoms with van der Waals surface area (Å²) < 4.78 is 5.22. The highest BCUT2D eigenvalue weighted by molar-refractivity contribution is 5.82. The maximum absolute atomic E-state index is 9.87. The molecule has 0 saturated carbocycles. The van der Waals surface area contributed by atoms with Crippen LogP contribution in [0.2, 0.25) is 0 Å². The number of benzene rings is 1. The van der Waals surface area contributed by atoms with E-state index in [0.717, 1.165) is 16.5 Å². The molecule has 0 saturated heterocycles. The zero-order valence-electron chi connectivity index (χ0n) is 12.0. The lowest BCUT2D eigenvalue weighted by Crippen LogP contribution is -2.17. The normalized spacial score (nSPS) is 13.0. The van der Waals surface area contributed by atoms with E-state index in [1.807, 2.05) is 44.2 Å². The van der Waals surface area contributed by atoms with Crippen LogP contribution in [0.25, 0.3) is 22.3 Å². The maximum Gasteiger partial charge on any atom is 0.229 e. The Morgan fingerprint density at radius 3 is 2.90 bits per heavy atom. The van der Waals surface area contributed by atoms with E-state index in [1.165, 1.54) is 0 Å². The molecule has 5 nitrogen and oxygen atoms in total. The van der Waals surface area contributed by atoms with E-state index in [2.05, 4.69) is 15.1 Å². The van der Waals surface area contributed by atoms with Crippen molar-refractivity contribution in [3.8, 4) is 11.4 Å². The summed E-state index contributed by atoms with van der Waals surface area (Å²) in [6, 6.07) is 9.73. The van der Waals surface area contributed by atoms with Crippen LogP contribution < -0.4 is 0 Å².